The van der Waals surface area contributed by atoms with Crippen LogP contribution in [0.2, 0.25) is 0 Å². The van der Waals surface area contributed by atoms with Crippen LogP contribution in [-0.2, 0) is 12.7 Å². The van der Waals surface area contributed by atoms with Gasteiger partial charge in [-0.3, -0.25) is 0 Å². The lowest BCUT2D eigenvalue weighted by Crippen LogP contribution is -2.15. The molecular formula is C32H41F3N6. The zero-order valence-corrected chi connectivity index (χ0v) is 25.0. The Labute approximate surface area is 241 Å². The molecule has 0 aliphatic heterocycles. The molecule has 0 bridgehead atoms. The summed E-state index contributed by atoms with van der Waals surface area (Å²) < 4.78 is 41.1. The Morgan fingerprint density at radius 1 is 1.00 bits per heavy atom. The summed E-state index contributed by atoms with van der Waals surface area (Å²) >= 11 is 0. The second kappa shape index (κ2) is 13.7. The molecule has 0 atom stereocenters. The number of nitrogens with one attached hydrogen (secondary N) is 2. The summed E-state index contributed by atoms with van der Waals surface area (Å²) in [4.78, 5) is 7.14. The number of anilines is 2. The van der Waals surface area contributed by atoms with Crippen molar-refractivity contribution < 1.29 is 13.2 Å². The molecular weight excluding hydrogens is 525 g/mol. The van der Waals surface area contributed by atoms with E-state index in [0.29, 0.717) is 11.5 Å². The molecule has 0 spiro atoms. The Balaban J connectivity index is 0.00000226. The van der Waals surface area contributed by atoms with E-state index in [2.05, 4.69) is 56.1 Å². The predicted molar refractivity (Wildman–Crippen MR) is 164 cm³/mol. The number of aryl methyl sites for hydroxylation is 2. The fourth-order valence-electron chi connectivity index (χ4n) is 4.48. The number of hydrogen-bond acceptors (Lipinski definition) is 5. The molecule has 4 aromatic rings. The van der Waals surface area contributed by atoms with Gasteiger partial charge in [0, 0.05) is 29.0 Å². The lowest BCUT2D eigenvalue weighted by Gasteiger charge is -2.15. The normalized spacial score (nSPS) is 11.5. The van der Waals surface area contributed by atoms with Crippen molar-refractivity contribution in [2.45, 2.75) is 59.7 Å². The van der Waals surface area contributed by atoms with E-state index in [4.69, 9.17) is 10.1 Å². The van der Waals surface area contributed by atoms with E-state index < -0.39 is 11.7 Å². The van der Waals surface area contributed by atoms with Gasteiger partial charge >= 0.3 is 6.18 Å². The fraction of sp³-hybridized carbons (Fsp3) is 0.375. The highest BCUT2D eigenvalue weighted by Gasteiger charge is 2.30. The molecule has 41 heavy (non-hydrogen) atoms. The van der Waals surface area contributed by atoms with Crippen LogP contribution in [0.4, 0.5) is 24.5 Å². The zero-order valence-electron chi connectivity index (χ0n) is 25.0. The minimum absolute atomic E-state index is 0.254. The molecule has 2 heterocycles. The molecule has 0 unspecified atom stereocenters. The van der Waals surface area contributed by atoms with Crippen LogP contribution < -0.4 is 10.6 Å². The molecule has 2 N–H and O–H groups in total. The molecule has 9 heteroatoms. The third-order valence-corrected chi connectivity index (χ3v) is 6.44. The van der Waals surface area contributed by atoms with Crippen LogP contribution in [0.5, 0.6) is 0 Å². The highest BCUT2D eigenvalue weighted by molar-refractivity contribution is 5.95. The average Bonchev–Trinajstić information content (AvgIpc) is 3.24. The van der Waals surface area contributed by atoms with Crippen LogP contribution in [0, 0.1) is 6.92 Å². The van der Waals surface area contributed by atoms with Crippen LogP contribution in [-0.4, -0.2) is 40.3 Å². The molecule has 0 aliphatic carbocycles. The molecule has 0 aliphatic rings. The number of benzene rings is 2. The predicted octanol–water partition coefficient (Wildman–Crippen LogP) is 8.52. The fourth-order valence-corrected chi connectivity index (χ4v) is 4.48. The summed E-state index contributed by atoms with van der Waals surface area (Å²) in [7, 11) is 4.13. The minimum atomic E-state index is -4.41. The second-order valence-corrected chi connectivity index (χ2v) is 10.3. The molecule has 220 valence electrons. The third-order valence-electron chi connectivity index (χ3n) is 6.44. The van der Waals surface area contributed by atoms with Crippen molar-refractivity contribution in [2.75, 3.05) is 31.3 Å². The van der Waals surface area contributed by atoms with E-state index in [1.807, 2.05) is 49.7 Å². The molecule has 2 aromatic heterocycles. The van der Waals surface area contributed by atoms with E-state index in [1.165, 1.54) is 6.07 Å². The van der Waals surface area contributed by atoms with Crippen molar-refractivity contribution in [1.82, 2.24) is 19.7 Å². The highest BCUT2D eigenvalue weighted by atomic mass is 19.4. The minimum Gasteiger partial charge on any atom is -0.342 e. The Morgan fingerprint density at radius 3 is 2.27 bits per heavy atom. The van der Waals surface area contributed by atoms with E-state index in [1.54, 1.807) is 6.07 Å². The van der Waals surface area contributed by atoms with Crippen LogP contribution >= 0.6 is 0 Å². The SMILES string of the molecule is C=C(Nc1ccc(-c2cc(C(C)C)nc3c2c(C)nn3CCCN(C)C)cc1)Nc1cccc(C(F)(F)F)c1.CC. The van der Waals surface area contributed by atoms with Crippen molar-refractivity contribution in [3.05, 3.63) is 83.9 Å². The van der Waals surface area contributed by atoms with Gasteiger partial charge in [0.2, 0.25) is 0 Å². The summed E-state index contributed by atoms with van der Waals surface area (Å²) in [6.07, 6.45) is -3.43. The first-order valence-electron chi connectivity index (χ1n) is 14.0. The van der Waals surface area contributed by atoms with Gasteiger partial charge < -0.3 is 15.5 Å². The number of nitrogens with zero attached hydrogens (tertiary/aromatic N) is 4. The van der Waals surface area contributed by atoms with Crippen LogP contribution in [0.15, 0.2) is 67.0 Å². The van der Waals surface area contributed by atoms with E-state index in [0.717, 1.165) is 70.9 Å². The smallest absolute Gasteiger partial charge is 0.342 e. The van der Waals surface area contributed by atoms with Crippen LogP contribution in [0.1, 0.15) is 57.0 Å². The lowest BCUT2D eigenvalue weighted by atomic mass is 9.98. The van der Waals surface area contributed by atoms with Gasteiger partial charge in [0.25, 0.3) is 0 Å². The number of hydrogen-bond donors (Lipinski definition) is 2. The third kappa shape index (κ3) is 8.10. The van der Waals surface area contributed by atoms with Crippen LogP contribution in [0.3, 0.4) is 0 Å². The van der Waals surface area contributed by atoms with E-state index in [-0.39, 0.29) is 5.92 Å². The Bertz CT molecular complexity index is 1450. The highest BCUT2D eigenvalue weighted by Crippen LogP contribution is 2.34. The summed E-state index contributed by atoms with van der Waals surface area (Å²) in [5.74, 6) is 0.620. The number of halogens is 3. The van der Waals surface area contributed by atoms with Gasteiger partial charge in [0.15, 0.2) is 5.65 Å². The average molecular weight is 567 g/mol. The molecule has 6 nitrogen and oxygen atoms in total. The Hall–Kier alpha value is -3.85. The number of aromatic nitrogens is 3. The van der Waals surface area contributed by atoms with Gasteiger partial charge in [0.1, 0.15) is 5.82 Å². The maximum Gasteiger partial charge on any atom is 0.416 e. The summed E-state index contributed by atoms with van der Waals surface area (Å²) in [6, 6.07) is 15.0. The van der Waals surface area contributed by atoms with Gasteiger partial charge in [-0.1, -0.05) is 52.5 Å². The molecule has 2 aromatic carbocycles. The van der Waals surface area contributed by atoms with Gasteiger partial charge in [-0.05, 0) is 87.4 Å². The lowest BCUT2D eigenvalue weighted by molar-refractivity contribution is -0.137. The topological polar surface area (TPSA) is 58.0 Å². The van der Waals surface area contributed by atoms with Crippen molar-refractivity contribution in [3.8, 4) is 11.1 Å². The quantitative estimate of drug-likeness (QED) is 0.202. The molecule has 0 fully saturated rings. The maximum atomic E-state index is 13.0. The largest absolute Gasteiger partial charge is 0.416 e. The first kappa shape index (κ1) is 31.7. The summed E-state index contributed by atoms with van der Waals surface area (Å²) in [6.45, 7) is 16.0. The Kier molecular flexibility index (Phi) is 10.6. The number of rotatable bonds is 10. The number of fused-ring (bicyclic) bond motifs is 1. The van der Waals surface area contributed by atoms with Crippen molar-refractivity contribution >= 4 is 22.4 Å². The molecule has 0 radical (unpaired) electrons. The second-order valence-electron chi connectivity index (χ2n) is 10.3. The maximum absolute atomic E-state index is 13.0. The van der Waals surface area contributed by atoms with E-state index >= 15 is 0 Å². The first-order valence-corrected chi connectivity index (χ1v) is 14.0. The van der Waals surface area contributed by atoms with Crippen molar-refractivity contribution in [2.24, 2.45) is 0 Å². The van der Waals surface area contributed by atoms with Gasteiger partial charge in [0.05, 0.1) is 11.3 Å². The zero-order chi connectivity index (χ0) is 30.3. The van der Waals surface area contributed by atoms with E-state index in [9.17, 15) is 13.2 Å². The van der Waals surface area contributed by atoms with Gasteiger partial charge in [-0.2, -0.15) is 18.3 Å². The molecule has 4 rings (SSSR count). The van der Waals surface area contributed by atoms with Gasteiger partial charge in [-0.15, -0.1) is 0 Å². The monoisotopic (exact) mass is 566 g/mol. The van der Waals surface area contributed by atoms with Crippen molar-refractivity contribution in [3.63, 3.8) is 0 Å². The Morgan fingerprint density at radius 2 is 1.66 bits per heavy atom. The molecule has 0 saturated heterocycles. The molecule has 0 saturated carbocycles. The standard InChI is InChI=1S/C30H35F3N6.C2H6/c1-19(2)27-18-26(28-20(3)37-39(29(28)36-27)16-8-15-38(5)6)22-11-13-24(14-12-22)34-21(4)35-25-10-7-9-23(17-25)30(31,32)33;1-2/h7,9-14,17-19,34-35H,4,8,15-16H2,1-3,5-6H3;1-2H3. The summed E-state index contributed by atoms with van der Waals surface area (Å²) in [5, 5.41) is 11.9. The van der Waals surface area contributed by atoms with Crippen LogP contribution in [0.25, 0.3) is 22.2 Å². The first-order chi connectivity index (χ1) is 19.4. The molecule has 0 amide bonds. The summed E-state index contributed by atoms with van der Waals surface area (Å²) in [5.41, 5.74) is 5.29. The van der Waals surface area contributed by atoms with Gasteiger partial charge in [-0.25, -0.2) is 9.67 Å². The number of pyridine rings is 1. The van der Waals surface area contributed by atoms with Crippen molar-refractivity contribution in [1.29, 1.82) is 0 Å². The number of alkyl halides is 3.